The lowest BCUT2D eigenvalue weighted by Gasteiger charge is -2.24. The molecule has 0 bridgehead atoms. The molecule has 1 saturated heterocycles. The van der Waals surface area contributed by atoms with Crippen molar-refractivity contribution < 1.29 is 14.3 Å². The predicted octanol–water partition coefficient (Wildman–Crippen LogP) is 0.836. The van der Waals surface area contributed by atoms with Crippen LogP contribution in [0.15, 0.2) is 12.1 Å². The average Bonchev–Trinajstić information content (AvgIpc) is 2.49. The monoisotopic (exact) mass is 344 g/mol. The molecular formula is C13H17ClN4O3S. The number of halogens is 1. The zero-order valence-corrected chi connectivity index (χ0v) is 13.7. The van der Waals surface area contributed by atoms with E-state index in [1.54, 1.807) is 12.1 Å². The molecule has 0 saturated carbocycles. The second-order valence-electron chi connectivity index (χ2n) is 4.61. The summed E-state index contributed by atoms with van der Waals surface area (Å²) in [5, 5.41) is 6.05. The minimum absolute atomic E-state index is 0.119. The van der Waals surface area contributed by atoms with Crippen molar-refractivity contribution in [2.24, 2.45) is 0 Å². The molecule has 0 spiro atoms. The third kappa shape index (κ3) is 4.51. The van der Waals surface area contributed by atoms with Crippen LogP contribution >= 0.6 is 23.4 Å². The van der Waals surface area contributed by atoms with Crippen LogP contribution in [-0.4, -0.2) is 36.7 Å². The van der Waals surface area contributed by atoms with Crippen LogP contribution in [0.2, 0.25) is 5.02 Å². The van der Waals surface area contributed by atoms with Gasteiger partial charge in [-0.3, -0.25) is 9.59 Å². The molecule has 1 heterocycles. The fourth-order valence-corrected chi connectivity index (χ4v) is 2.74. The normalized spacial score (nSPS) is 17.8. The Morgan fingerprint density at radius 2 is 2.32 bits per heavy atom. The predicted molar refractivity (Wildman–Crippen MR) is 86.9 cm³/mol. The van der Waals surface area contributed by atoms with Crippen molar-refractivity contribution in [1.82, 2.24) is 16.2 Å². The van der Waals surface area contributed by atoms with E-state index in [4.69, 9.17) is 16.3 Å². The van der Waals surface area contributed by atoms with Gasteiger partial charge >= 0.3 is 0 Å². The minimum atomic E-state index is -0.346. The number of rotatable bonds is 5. The van der Waals surface area contributed by atoms with Crippen LogP contribution in [0, 0.1) is 6.92 Å². The highest BCUT2D eigenvalue weighted by Gasteiger charge is 2.18. The topological polar surface area (TPSA) is 91.5 Å². The second kappa shape index (κ2) is 7.68. The second-order valence-corrected chi connectivity index (χ2v) is 6.11. The summed E-state index contributed by atoms with van der Waals surface area (Å²) in [5.74, 6) is 0.350. The van der Waals surface area contributed by atoms with E-state index in [2.05, 4.69) is 21.5 Å². The summed E-state index contributed by atoms with van der Waals surface area (Å²) in [6.45, 7) is 2.06. The van der Waals surface area contributed by atoms with E-state index in [0.717, 1.165) is 5.56 Å². The van der Waals surface area contributed by atoms with Crippen LogP contribution in [0.5, 0.6) is 5.75 Å². The molecule has 4 N–H and O–H groups in total. The molecule has 0 aromatic heterocycles. The van der Waals surface area contributed by atoms with Crippen LogP contribution < -0.4 is 26.2 Å². The number of nitrogens with one attached hydrogen (secondary N) is 4. The smallest absolute Gasteiger partial charge is 0.237 e. The number of hydrogen-bond acceptors (Lipinski definition) is 6. The molecule has 22 heavy (non-hydrogen) atoms. The summed E-state index contributed by atoms with van der Waals surface area (Å²) in [6, 6.07) is 3.42. The molecule has 2 rings (SSSR count). The quantitative estimate of drug-likeness (QED) is 0.632. The number of hydrazine groups is 1. The SMILES string of the molecule is COc1cc(Cl)c(C)cc1NC(=O)CSC1NNCC(=O)N1. The van der Waals surface area contributed by atoms with E-state index in [0.29, 0.717) is 16.5 Å². The Kier molecular flexibility index (Phi) is 5.90. The minimum Gasteiger partial charge on any atom is -0.495 e. The first kappa shape index (κ1) is 16.9. The number of hydrogen-bond donors (Lipinski definition) is 4. The van der Waals surface area contributed by atoms with Gasteiger partial charge < -0.3 is 15.4 Å². The molecule has 0 aliphatic carbocycles. The maximum Gasteiger partial charge on any atom is 0.237 e. The molecule has 1 fully saturated rings. The molecule has 9 heteroatoms. The van der Waals surface area contributed by atoms with Crippen molar-refractivity contribution in [3.05, 3.63) is 22.7 Å². The first-order valence-electron chi connectivity index (χ1n) is 6.53. The maximum atomic E-state index is 12.0. The first-order chi connectivity index (χ1) is 10.5. The fraction of sp³-hybridized carbons (Fsp3) is 0.385. The van der Waals surface area contributed by atoms with Gasteiger partial charge in [0.05, 0.1) is 25.1 Å². The molecule has 1 unspecified atom stereocenters. The van der Waals surface area contributed by atoms with Gasteiger partial charge in [0, 0.05) is 11.1 Å². The van der Waals surface area contributed by atoms with Crippen molar-refractivity contribution in [3.63, 3.8) is 0 Å². The van der Waals surface area contributed by atoms with Crippen LogP contribution in [0.25, 0.3) is 0 Å². The zero-order chi connectivity index (χ0) is 16.1. The Labute approximate surface area is 137 Å². The van der Waals surface area contributed by atoms with Crippen molar-refractivity contribution in [2.45, 2.75) is 12.4 Å². The summed E-state index contributed by atoms with van der Waals surface area (Å²) >= 11 is 7.29. The highest BCUT2D eigenvalue weighted by Crippen LogP contribution is 2.31. The first-order valence-corrected chi connectivity index (χ1v) is 7.95. The summed E-state index contributed by atoms with van der Waals surface area (Å²) in [5.41, 5.74) is 6.67. The van der Waals surface area contributed by atoms with Gasteiger partial charge in [0.1, 0.15) is 11.2 Å². The van der Waals surface area contributed by atoms with E-state index in [1.165, 1.54) is 18.9 Å². The molecular weight excluding hydrogens is 328 g/mol. The number of benzene rings is 1. The number of anilines is 1. The molecule has 1 atom stereocenters. The molecule has 1 aliphatic rings. The number of aryl methyl sites for hydroxylation is 1. The lowest BCUT2D eigenvalue weighted by molar-refractivity contribution is -0.122. The molecule has 120 valence electrons. The fourth-order valence-electron chi connectivity index (χ4n) is 1.82. The number of methoxy groups -OCH3 is 1. The van der Waals surface area contributed by atoms with Gasteiger partial charge in [-0.15, -0.1) is 11.8 Å². The molecule has 2 amide bonds. The lowest BCUT2D eigenvalue weighted by atomic mass is 10.2. The highest BCUT2D eigenvalue weighted by molar-refractivity contribution is 8.00. The Balaban J connectivity index is 1.91. The molecule has 1 aromatic carbocycles. The number of amides is 2. The van der Waals surface area contributed by atoms with Gasteiger partial charge in [0.25, 0.3) is 0 Å². The summed E-state index contributed by atoms with van der Waals surface area (Å²) in [4.78, 5) is 23.2. The van der Waals surface area contributed by atoms with E-state index < -0.39 is 0 Å². The van der Waals surface area contributed by atoms with Crippen LogP contribution in [0.4, 0.5) is 5.69 Å². The molecule has 7 nitrogen and oxygen atoms in total. The van der Waals surface area contributed by atoms with Gasteiger partial charge in [-0.2, -0.15) is 0 Å². The average molecular weight is 345 g/mol. The van der Waals surface area contributed by atoms with Crippen LogP contribution in [-0.2, 0) is 9.59 Å². The lowest BCUT2D eigenvalue weighted by Crippen LogP contribution is -2.58. The van der Waals surface area contributed by atoms with Gasteiger partial charge in [0.15, 0.2) is 0 Å². The number of ether oxygens (including phenoxy) is 1. The van der Waals surface area contributed by atoms with Crippen molar-refractivity contribution in [3.8, 4) is 5.75 Å². The Morgan fingerprint density at radius 3 is 3.00 bits per heavy atom. The summed E-state index contributed by atoms with van der Waals surface area (Å²) in [7, 11) is 1.51. The van der Waals surface area contributed by atoms with Gasteiger partial charge in [0.2, 0.25) is 11.8 Å². The number of carbonyl (C=O) groups excluding carboxylic acids is 2. The van der Waals surface area contributed by atoms with E-state index in [-0.39, 0.29) is 29.6 Å². The van der Waals surface area contributed by atoms with E-state index in [9.17, 15) is 9.59 Å². The van der Waals surface area contributed by atoms with Crippen molar-refractivity contribution >= 4 is 40.9 Å². The van der Waals surface area contributed by atoms with Gasteiger partial charge in [-0.05, 0) is 18.6 Å². The largest absolute Gasteiger partial charge is 0.495 e. The Hall–Kier alpha value is -1.48. The summed E-state index contributed by atoms with van der Waals surface area (Å²) < 4.78 is 5.21. The third-order valence-corrected chi connectivity index (χ3v) is 4.32. The molecule has 1 aliphatic heterocycles. The Bertz CT molecular complexity index is 585. The highest BCUT2D eigenvalue weighted by atomic mass is 35.5. The van der Waals surface area contributed by atoms with E-state index >= 15 is 0 Å². The number of thioether (sulfide) groups is 1. The standard InChI is InChI=1S/C13H17ClN4O3S/c1-7-3-9(10(21-2)4-8(7)14)16-12(20)6-22-13-17-11(19)5-15-18-13/h3-4,13,15,18H,5-6H2,1-2H3,(H,16,20)(H,17,19). The van der Waals surface area contributed by atoms with Crippen LogP contribution in [0.1, 0.15) is 5.56 Å². The third-order valence-electron chi connectivity index (χ3n) is 2.91. The van der Waals surface area contributed by atoms with Crippen molar-refractivity contribution in [2.75, 3.05) is 24.7 Å². The molecule has 1 aromatic rings. The molecule has 0 radical (unpaired) electrons. The van der Waals surface area contributed by atoms with Gasteiger partial charge in [-0.1, -0.05) is 11.6 Å². The van der Waals surface area contributed by atoms with Gasteiger partial charge in [-0.25, -0.2) is 10.9 Å². The van der Waals surface area contributed by atoms with Crippen LogP contribution in [0.3, 0.4) is 0 Å². The van der Waals surface area contributed by atoms with Crippen molar-refractivity contribution in [1.29, 1.82) is 0 Å². The van der Waals surface area contributed by atoms with E-state index in [1.807, 2.05) is 6.92 Å². The Morgan fingerprint density at radius 1 is 1.55 bits per heavy atom. The zero-order valence-electron chi connectivity index (χ0n) is 12.2. The maximum absolute atomic E-state index is 12.0. The number of carbonyl (C=O) groups is 2. The summed E-state index contributed by atoms with van der Waals surface area (Å²) in [6.07, 6.45) is 0.